The van der Waals surface area contributed by atoms with Gasteiger partial charge in [-0.1, -0.05) is 6.42 Å². The van der Waals surface area contributed by atoms with Crippen LogP contribution in [0.4, 0.5) is 0 Å². The van der Waals surface area contributed by atoms with Crippen LogP contribution in [0.3, 0.4) is 0 Å². The average molecular weight is 342 g/mol. The van der Waals surface area contributed by atoms with E-state index in [0.717, 1.165) is 35.9 Å². The van der Waals surface area contributed by atoms with E-state index in [1.165, 1.54) is 26.4 Å². The molecule has 0 radical (unpaired) electrons. The second kappa shape index (κ2) is 7.14. The fraction of sp³-hybridized carbons (Fsp3) is 0.786. The summed E-state index contributed by atoms with van der Waals surface area (Å²) in [4.78, 5) is 13.9. The minimum absolute atomic E-state index is 0.103. The molecule has 0 unspecified atom stereocenters. The zero-order valence-corrected chi connectivity index (χ0v) is 14.5. The van der Waals surface area contributed by atoms with Crippen LogP contribution in [0.25, 0.3) is 0 Å². The van der Waals surface area contributed by atoms with Gasteiger partial charge in [-0.05, 0) is 25.1 Å². The van der Waals surface area contributed by atoms with E-state index in [0.29, 0.717) is 13.2 Å². The first-order valence-electron chi connectivity index (χ1n) is 7.77. The molecule has 0 saturated carbocycles. The number of ether oxygens (including phenoxy) is 1. The monoisotopic (exact) mass is 342 g/mol. The van der Waals surface area contributed by atoms with Crippen LogP contribution >= 0.6 is 24.0 Å². The first-order valence-corrected chi connectivity index (χ1v) is 9.23. The maximum Gasteiger partial charge on any atom is 0.320 e. The third-order valence-corrected chi connectivity index (χ3v) is 5.82. The minimum atomic E-state index is -0.140. The van der Waals surface area contributed by atoms with Crippen LogP contribution in [0, 0.1) is 4.77 Å². The van der Waals surface area contributed by atoms with E-state index < -0.39 is 0 Å². The second-order valence-electron chi connectivity index (χ2n) is 5.76. The van der Waals surface area contributed by atoms with Gasteiger partial charge in [-0.2, -0.15) is 5.10 Å². The molecule has 2 aliphatic heterocycles. The van der Waals surface area contributed by atoms with Gasteiger partial charge >= 0.3 is 5.97 Å². The van der Waals surface area contributed by atoms with Crippen LogP contribution in [0.15, 0.2) is 0 Å². The van der Waals surface area contributed by atoms with Gasteiger partial charge in [-0.25, -0.2) is 4.68 Å². The van der Waals surface area contributed by atoms with Crippen molar-refractivity contribution in [3.05, 3.63) is 10.6 Å². The van der Waals surface area contributed by atoms with Crippen LogP contribution in [-0.4, -0.2) is 56.4 Å². The van der Waals surface area contributed by atoms with E-state index in [1.54, 1.807) is 11.8 Å². The first-order chi connectivity index (χ1) is 10.7. The minimum Gasteiger partial charge on any atom is -0.468 e. The van der Waals surface area contributed by atoms with Crippen molar-refractivity contribution in [2.24, 2.45) is 0 Å². The Morgan fingerprint density at radius 2 is 2.27 bits per heavy atom. The number of esters is 1. The molecule has 122 valence electrons. The van der Waals surface area contributed by atoms with Crippen LogP contribution in [0.1, 0.15) is 25.1 Å². The number of hydrogen-bond donors (Lipinski definition) is 0. The second-order valence-corrected chi connectivity index (χ2v) is 7.44. The fourth-order valence-electron chi connectivity index (χ4n) is 3.01. The van der Waals surface area contributed by atoms with Crippen LogP contribution < -0.4 is 0 Å². The molecule has 3 rings (SSSR count). The molecule has 0 spiro atoms. The predicted molar refractivity (Wildman–Crippen MR) is 88.4 cm³/mol. The highest BCUT2D eigenvalue weighted by Crippen LogP contribution is 2.21. The largest absolute Gasteiger partial charge is 0.468 e. The number of methoxy groups -OCH3 is 1. The number of thioether (sulfide) groups is 1. The van der Waals surface area contributed by atoms with E-state index in [1.807, 2.05) is 4.68 Å². The smallest absolute Gasteiger partial charge is 0.320 e. The fourth-order valence-corrected chi connectivity index (χ4v) is 4.50. The summed E-state index contributed by atoms with van der Waals surface area (Å²) < 4.78 is 9.76. The molecule has 1 aromatic heterocycles. The molecule has 3 heterocycles. The zero-order chi connectivity index (χ0) is 15.5. The molecule has 0 aromatic carbocycles. The standard InChI is InChI=1S/C14H22N4O2S2/c1-20-13(19)11-9-16(7-8-22-11)10-18-14(21)17-6-4-2-3-5-12(17)15-18/h11H,2-10H2,1H3/t11-/m0/s1. The highest BCUT2D eigenvalue weighted by molar-refractivity contribution is 8.00. The summed E-state index contributed by atoms with van der Waals surface area (Å²) in [6.07, 6.45) is 4.63. The molecule has 0 N–H and O–H groups in total. The normalized spacial score (nSPS) is 22.9. The molecule has 8 heteroatoms. The Bertz CT molecular complexity index is 598. The van der Waals surface area contributed by atoms with E-state index in [4.69, 9.17) is 22.1 Å². The Labute approximate surface area is 139 Å². The summed E-state index contributed by atoms with van der Waals surface area (Å²) in [5.74, 6) is 1.90. The van der Waals surface area contributed by atoms with Crippen molar-refractivity contribution in [1.29, 1.82) is 0 Å². The highest BCUT2D eigenvalue weighted by atomic mass is 32.2. The molecule has 22 heavy (non-hydrogen) atoms. The number of aromatic nitrogens is 3. The van der Waals surface area contributed by atoms with Gasteiger partial charge in [0.2, 0.25) is 0 Å². The molecular formula is C14H22N4O2S2. The maximum absolute atomic E-state index is 11.7. The summed E-state index contributed by atoms with van der Waals surface area (Å²) >= 11 is 7.25. The lowest BCUT2D eigenvalue weighted by Gasteiger charge is -2.30. The van der Waals surface area contributed by atoms with Crippen LogP contribution in [0.2, 0.25) is 0 Å². The third kappa shape index (κ3) is 3.38. The van der Waals surface area contributed by atoms with Crippen molar-refractivity contribution >= 4 is 29.9 Å². The van der Waals surface area contributed by atoms with Crippen molar-refractivity contribution in [1.82, 2.24) is 19.2 Å². The molecule has 1 aromatic rings. The van der Waals surface area contributed by atoms with Gasteiger partial charge < -0.3 is 9.30 Å². The molecule has 0 amide bonds. The average Bonchev–Trinajstić information content (AvgIpc) is 2.71. The van der Waals surface area contributed by atoms with Gasteiger partial charge in [0.05, 0.1) is 13.8 Å². The Hall–Kier alpha value is -0.860. The highest BCUT2D eigenvalue weighted by Gasteiger charge is 2.27. The molecule has 1 atom stereocenters. The Kier molecular flexibility index (Phi) is 5.20. The lowest BCUT2D eigenvalue weighted by atomic mass is 10.2. The third-order valence-electron chi connectivity index (χ3n) is 4.23. The SMILES string of the molecule is COC(=O)[C@@H]1CN(Cn2nc3n(c2=S)CCCCC3)CCS1. The molecule has 1 fully saturated rings. The number of fused-ring (bicyclic) bond motifs is 1. The molecule has 0 aliphatic carbocycles. The number of carbonyl (C=O) groups excluding carboxylic acids is 1. The Balaban J connectivity index is 1.71. The number of aryl methyl sites for hydroxylation is 1. The number of carbonyl (C=O) groups is 1. The number of rotatable bonds is 3. The van der Waals surface area contributed by atoms with Gasteiger partial charge in [0.15, 0.2) is 4.77 Å². The van der Waals surface area contributed by atoms with Gasteiger partial charge in [0, 0.05) is 31.8 Å². The Morgan fingerprint density at radius 1 is 1.41 bits per heavy atom. The van der Waals surface area contributed by atoms with Crippen LogP contribution in [0.5, 0.6) is 0 Å². The number of hydrogen-bond acceptors (Lipinski definition) is 6. The number of nitrogens with zero attached hydrogens (tertiary/aromatic N) is 4. The molecule has 6 nitrogen and oxygen atoms in total. The van der Waals surface area contributed by atoms with Gasteiger partial charge in [-0.3, -0.25) is 9.69 Å². The summed E-state index contributed by atoms with van der Waals surface area (Å²) in [6.45, 7) is 3.28. The zero-order valence-electron chi connectivity index (χ0n) is 12.9. The summed E-state index contributed by atoms with van der Waals surface area (Å²) in [5, 5.41) is 4.60. The van der Waals surface area contributed by atoms with E-state index in [-0.39, 0.29) is 11.2 Å². The van der Waals surface area contributed by atoms with E-state index >= 15 is 0 Å². The van der Waals surface area contributed by atoms with Gasteiger partial charge in [0.25, 0.3) is 0 Å². The Morgan fingerprint density at radius 3 is 3.09 bits per heavy atom. The topological polar surface area (TPSA) is 52.3 Å². The van der Waals surface area contributed by atoms with E-state index in [9.17, 15) is 4.79 Å². The summed E-state index contributed by atoms with van der Waals surface area (Å²) in [7, 11) is 1.45. The van der Waals surface area contributed by atoms with Crippen molar-refractivity contribution in [2.45, 2.75) is 44.1 Å². The van der Waals surface area contributed by atoms with Crippen LogP contribution in [-0.2, 0) is 29.2 Å². The molecule has 1 saturated heterocycles. The summed E-state index contributed by atoms with van der Waals surface area (Å²) in [6, 6.07) is 0. The van der Waals surface area contributed by atoms with Gasteiger partial charge in [-0.15, -0.1) is 11.8 Å². The predicted octanol–water partition coefficient (Wildman–Crippen LogP) is 1.69. The van der Waals surface area contributed by atoms with Crippen molar-refractivity contribution in [3.8, 4) is 0 Å². The lowest BCUT2D eigenvalue weighted by Crippen LogP contribution is -2.42. The molecular weight excluding hydrogens is 320 g/mol. The maximum atomic E-state index is 11.7. The quantitative estimate of drug-likeness (QED) is 0.615. The van der Waals surface area contributed by atoms with Crippen molar-refractivity contribution in [2.75, 3.05) is 26.0 Å². The van der Waals surface area contributed by atoms with E-state index in [2.05, 4.69) is 9.47 Å². The van der Waals surface area contributed by atoms with Crippen molar-refractivity contribution in [3.63, 3.8) is 0 Å². The lowest BCUT2D eigenvalue weighted by molar-refractivity contribution is -0.140. The summed E-state index contributed by atoms with van der Waals surface area (Å²) in [5.41, 5.74) is 0. The molecule has 2 aliphatic rings. The van der Waals surface area contributed by atoms with Crippen molar-refractivity contribution < 1.29 is 9.53 Å². The first kappa shape index (κ1) is 16.0. The van der Waals surface area contributed by atoms with Gasteiger partial charge in [0.1, 0.15) is 11.1 Å². The molecule has 0 bridgehead atoms.